The van der Waals surface area contributed by atoms with Crippen LogP contribution in [-0.2, 0) is 9.53 Å². The molecule has 2 aromatic carbocycles. The molecule has 2 heterocycles. The number of hydrogen-bond donors (Lipinski definition) is 0. The van der Waals surface area contributed by atoms with Gasteiger partial charge >= 0.3 is 5.97 Å². The van der Waals surface area contributed by atoms with Crippen LogP contribution in [0.15, 0.2) is 63.5 Å². The first-order valence-electron chi connectivity index (χ1n) is 11.5. The molecular weight excluding hydrogens is 498 g/mol. The second-order valence-corrected chi connectivity index (χ2v) is 9.01. The molecule has 0 aliphatic carbocycles. The largest absolute Gasteiger partial charge is 0.493 e. The van der Waals surface area contributed by atoms with E-state index in [1.807, 2.05) is 6.92 Å². The molecule has 0 fully saturated rings. The number of thiazole rings is 1. The van der Waals surface area contributed by atoms with Crippen molar-refractivity contribution in [2.45, 2.75) is 26.8 Å². The fourth-order valence-electron chi connectivity index (χ4n) is 4.12. The predicted molar refractivity (Wildman–Crippen MR) is 138 cm³/mol. The second kappa shape index (κ2) is 10.8. The zero-order valence-electron chi connectivity index (χ0n) is 20.7. The number of nitrogens with zero attached hydrogens (tertiary/aromatic N) is 3. The third-order valence-corrected chi connectivity index (χ3v) is 6.68. The fourth-order valence-corrected chi connectivity index (χ4v) is 5.16. The number of nitro benzene ring substituents is 1. The van der Waals surface area contributed by atoms with Gasteiger partial charge in [0.2, 0.25) is 0 Å². The summed E-state index contributed by atoms with van der Waals surface area (Å²) in [6.45, 7) is 5.80. The molecule has 11 heteroatoms. The molecule has 0 bridgehead atoms. The molecule has 1 aromatic heterocycles. The highest BCUT2D eigenvalue weighted by molar-refractivity contribution is 7.07. The van der Waals surface area contributed by atoms with Crippen molar-refractivity contribution in [3.8, 4) is 11.5 Å². The summed E-state index contributed by atoms with van der Waals surface area (Å²) in [5.41, 5.74) is 1.32. The molecule has 0 amide bonds. The van der Waals surface area contributed by atoms with Gasteiger partial charge in [0.1, 0.15) is 0 Å². The highest BCUT2D eigenvalue weighted by Gasteiger charge is 2.34. The molecule has 0 N–H and O–H groups in total. The molecule has 37 heavy (non-hydrogen) atoms. The first-order valence-corrected chi connectivity index (χ1v) is 12.4. The second-order valence-electron chi connectivity index (χ2n) is 8.00. The van der Waals surface area contributed by atoms with E-state index in [1.165, 1.54) is 23.8 Å². The molecule has 1 aliphatic heterocycles. The molecule has 4 rings (SSSR count). The van der Waals surface area contributed by atoms with E-state index in [0.717, 1.165) is 11.3 Å². The first-order chi connectivity index (χ1) is 17.8. The molecule has 0 saturated heterocycles. The molecule has 3 aromatic rings. The topological polar surface area (TPSA) is 122 Å². The quantitative estimate of drug-likeness (QED) is 0.253. The summed E-state index contributed by atoms with van der Waals surface area (Å²) in [4.78, 5) is 42.4. The minimum absolute atomic E-state index is 0.0819. The van der Waals surface area contributed by atoms with Crippen LogP contribution in [0.5, 0.6) is 11.5 Å². The highest BCUT2D eigenvalue weighted by atomic mass is 32.1. The van der Waals surface area contributed by atoms with Crippen LogP contribution in [0.3, 0.4) is 0 Å². The van der Waals surface area contributed by atoms with Gasteiger partial charge in [-0.05, 0) is 50.1 Å². The van der Waals surface area contributed by atoms with Crippen LogP contribution >= 0.6 is 11.3 Å². The molecule has 1 aliphatic rings. The van der Waals surface area contributed by atoms with Gasteiger partial charge in [-0.15, -0.1) is 0 Å². The van der Waals surface area contributed by atoms with Crippen LogP contribution in [0.1, 0.15) is 37.9 Å². The van der Waals surface area contributed by atoms with Crippen LogP contribution in [0.2, 0.25) is 0 Å². The average Bonchev–Trinajstić information content (AvgIpc) is 3.17. The number of non-ortho nitro benzene ring substituents is 1. The molecule has 0 radical (unpaired) electrons. The van der Waals surface area contributed by atoms with Crippen LogP contribution in [0.25, 0.3) is 6.08 Å². The SMILES string of the molecule is CCOC(=O)C1=C(C)N=c2s/c(=C\c3cccc([N+](=O)[O-])c3)c(=O)n2[C@H]1c1ccc(OC)c(OCC)c1. The number of aromatic nitrogens is 1. The van der Waals surface area contributed by atoms with Crippen molar-refractivity contribution in [1.82, 2.24) is 4.57 Å². The van der Waals surface area contributed by atoms with E-state index in [1.54, 1.807) is 50.3 Å². The molecular formula is C26H25N3O7S. The number of nitro groups is 1. The van der Waals surface area contributed by atoms with Gasteiger partial charge in [-0.1, -0.05) is 29.5 Å². The van der Waals surface area contributed by atoms with Crippen molar-refractivity contribution in [3.05, 3.63) is 94.7 Å². The van der Waals surface area contributed by atoms with Crippen molar-refractivity contribution >= 4 is 29.1 Å². The van der Waals surface area contributed by atoms with E-state index >= 15 is 0 Å². The lowest BCUT2D eigenvalue weighted by Crippen LogP contribution is -2.40. The Balaban J connectivity index is 1.96. The van der Waals surface area contributed by atoms with Crippen molar-refractivity contribution in [2.75, 3.05) is 20.3 Å². The Morgan fingerprint density at radius 1 is 1.19 bits per heavy atom. The lowest BCUT2D eigenvalue weighted by Gasteiger charge is -2.25. The van der Waals surface area contributed by atoms with Crippen LogP contribution in [-0.4, -0.2) is 35.8 Å². The van der Waals surface area contributed by atoms with E-state index < -0.39 is 16.9 Å². The van der Waals surface area contributed by atoms with Gasteiger partial charge in [0, 0.05) is 12.1 Å². The maximum Gasteiger partial charge on any atom is 0.338 e. The monoisotopic (exact) mass is 523 g/mol. The van der Waals surface area contributed by atoms with Crippen LogP contribution < -0.4 is 24.4 Å². The van der Waals surface area contributed by atoms with E-state index in [4.69, 9.17) is 14.2 Å². The zero-order chi connectivity index (χ0) is 26.7. The maximum absolute atomic E-state index is 13.7. The number of carbonyl (C=O) groups excluding carboxylic acids is 1. The van der Waals surface area contributed by atoms with Gasteiger partial charge in [0.05, 0.1) is 47.1 Å². The lowest BCUT2D eigenvalue weighted by atomic mass is 9.95. The number of carbonyl (C=O) groups is 1. The highest BCUT2D eigenvalue weighted by Crippen LogP contribution is 2.36. The minimum atomic E-state index is -0.826. The normalized spacial score (nSPS) is 15.1. The lowest BCUT2D eigenvalue weighted by molar-refractivity contribution is -0.384. The molecule has 10 nitrogen and oxygen atoms in total. The first kappa shape index (κ1) is 25.8. The van der Waals surface area contributed by atoms with Gasteiger partial charge in [-0.25, -0.2) is 9.79 Å². The van der Waals surface area contributed by atoms with Gasteiger partial charge in [-0.3, -0.25) is 19.5 Å². The van der Waals surface area contributed by atoms with Gasteiger partial charge in [-0.2, -0.15) is 0 Å². The molecule has 0 unspecified atom stereocenters. The number of rotatable bonds is 8. The molecule has 0 spiro atoms. The Morgan fingerprint density at radius 2 is 1.97 bits per heavy atom. The Labute approximate surface area is 215 Å². The number of ether oxygens (including phenoxy) is 3. The van der Waals surface area contributed by atoms with E-state index in [-0.39, 0.29) is 23.4 Å². The van der Waals surface area contributed by atoms with Crippen LogP contribution in [0, 0.1) is 10.1 Å². The summed E-state index contributed by atoms with van der Waals surface area (Å²) in [6, 6.07) is 10.4. The van der Waals surface area contributed by atoms with Gasteiger partial charge in [0.25, 0.3) is 11.2 Å². The Bertz CT molecular complexity index is 1590. The van der Waals surface area contributed by atoms with Crippen molar-refractivity contribution in [1.29, 1.82) is 0 Å². The summed E-state index contributed by atoms with van der Waals surface area (Å²) in [5.74, 6) is 0.414. The molecule has 0 saturated carbocycles. The predicted octanol–water partition coefficient (Wildman–Crippen LogP) is 3.11. The maximum atomic E-state index is 13.7. The summed E-state index contributed by atoms with van der Waals surface area (Å²) in [5, 5.41) is 11.2. The third-order valence-electron chi connectivity index (χ3n) is 5.70. The fraction of sp³-hybridized carbons (Fsp3) is 0.269. The molecule has 1 atom stereocenters. The van der Waals surface area contributed by atoms with Crippen molar-refractivity contribution in [2.24, 2.45) is 4.99 Å². The smallest absolute Gasteiger partial charge is 0.338 e. The van der Waals surface area contributed by atoms with E-state index in [9.17, 15) is 19.7 Å². The summed E-state index contributed by atoms with van der Waals surface area (Å²) < 4.78 is 18.2. The number of hydrogen-bond acceptors (Lipinski definition) is 9. The van der Waals surface area contributed by atoms with Crippen LogP contribution in [0.4, 0.5) is 5.69 Å². The average molecular weight is 524 g/mol. The molecule has 192 valence electrons. The number of esters is 1. The zero-order valence-corrected chi connectivity index (χ0v) is 21.5. The van der Waals surface area contributed by atoms with Crippen molar-refractivity contribution < 1.29 is 23.9 Å². The van der Waals surface area contributed by atoms with Gasteiger partial charge < -0.3 is 14.2 Å². The Morgan fingerprint density at radius 3 is 2.65 bits per heavy atom. The number of benzene rings is 2. The van der Waals surface area contributed by atoms with Gasteiger partial charge in [0.15, 0.2) is 16.3 Å². The van der Waals surface area contributed by atoms with E-state index in [0.29, 0.717) is 44.3 Å². The number of allylic oxidation sites excluding steroid dienone is 1. The summed E-state index contributed by atoms with van der Waals surface area (Å²) in [7, 11) is 1.53. The number of fused-ring (bicyclic) bond motifs is 1. The summed E-state index contributed by atoms with van der Waals surface area (Å²) >= 11 is 1.14. The summed E-state index contributed by atoms with van der Waals surface area (Å²) in [6.07, 6.45) is 1.58. The number of methoxy groups -OCH3 is 1. The third kappa shape index (κ3) is 5.03. The van der Waals surface area contributed by atoms with Crippen molar-refractivity contribution in [3.63, 3.8) is 0 Å². The standard InChI is InChI=1S/C26H25N3O7S/c1-5-35-20-14-17(10-11-19(20)34-4)23-22(25(31)36-6-2)15(3)27-26-28(23)24(30)21(37-26)13-16-8-7-9-18(12-16)29(32)33/h7-14,23H,5-6H2,1-4H3/b21-13-/t23-/m0/s1. The minimum Gasteiger partial charge on any atom is -0.493 e. The van der Waals surface area contributed by atoms with E-state index in [2.05, 4.69) is 4.99 Å². The Hall–Kier alpha value is -4.25. The Kier molecular flexibility index (Phi) is 7.53.